The molecule has 2 fully saturated rings. The van der Waals surface area contributed by atoms with Gasteiger partial charge < -0.3 is 0 Å². The van der Waals surface area contributed by atoms with Gasteiger partial charge in [0.05, 0.1) is 6.26 Å². The average Bonchev–Trinajstić information content (AvgIpc) is 2.75. The third-order valence-electron chi connectivity index (χ3n) is 3.56. The van der Waals surface area contributed by atoms with Crippen LogP contribution in [0.1, 0.15) is 52.4 Å². The molecule has 2 aliphatic rings. The third kappa shape index (κ3) is 4.42. The van der Waals surface area contributed by atoms with Crippen molar-refractivity contribution in [2.24, 2.45) is 5.92 Å². The van der Waals surface area contributed by atoms with Gasteiger partial charge in [-0.1, -0.05) is 32.6 Å². The van der Waals surface area contributed by atoms with Crippen molar-refractivity contribution < 1.29 is 8.42 Å². The summed E-state index contributed by atoms with van der Waals surface area (Å²) in [5, 5.41) is 0. The van der Waals surface area contributed by atoms with Gasteiger partial charge in [0.25, 0.3) is 0 Å². The summed E-state index contributed by atoms with van der Waals surface area (Å²) in [7, 11) is -2.92. The molecule has 0 spiro atoms. The van der Waals surface area contributed by atoms with E-state index in [9.17, 15) is 8.42 Å². The second kappa shape index (κ2) is 6.01. The predicted octanol–water partition coefficient (Wildman–Crippen LogP) is 2.63. The minimum Gasteiger partial charge on any atom is -0.212 e. The average molecular weight is 247 g/mol. The van der Waals surface area contributed by atoms with E-state index in [1.165, 1.54) is 31.9 Å². The van der Waals surface area contributed by atoms with Gasteiger partial charge >= 0.3 is 0 Å². The first-order valence-electron chi connectivity index (χ1n) is 6.38. The van der Waals surface area contributed by atoms with E-state index >= 15 is 0 Å². The Labute approximate surface area is 100 Å². The Hall–Kier alpha value is -0.0900. The van der Waals surface area contributed by atoms with Crippen LogP contribution in [0.5, 0.6) is 0 Å². The molecule has 1 saturated heterocycles. The van der Waals surface area contributed by atoms with Crippen LogP contribution in [0.2, 0.25) is 0 Å². The van der Waals surface area contributed by atoms with Gasteiger partial charge in [-0.3, -0.25) is 0 Å². The molecule has 1 saturated carbocycles. The van der Waals surface area contributed by atoms with Gasteiger partial charge in [0.15, 0.2) is 0 Å². The van der Waals surface area contributed by atoms with Crippen LogP contribution >= 0.6 is 0 Å². The summed E-state index contributed by atoms with van der Waals surface area (Å²) in [5.41, 5.74) is 0. The second-order valence-corrected chi connectivity index (χ2v) is 7.19. The number of hydrogen-bond acceptors (Lipinski definition) is 2. The van der Waals surface area contributed by atoms with E-state index in [1.54, 1.807) is 4.31 Å². The zero-order valence-electron chi connectivity index (χ0n) is 10.8. The number of rotatable bonds is 1. The molecule has 0 N–H and O–H groups in total. The Bertz CT molecular complexity index is 294. The molecule has 96 valence electrons. The summed E-state index contributed by atoms with van der Waals surface area (Å²) in [6, 6.07) is 0.218. The van der Waals surface area contributed by atoms with Crippen LogP contribution < -0.4 is 0 Å². The summed E-state index contributed by atoms with van der Waals surface area (Å²) in [6.07, 6.45) is 9.23. The molecule has 1 aliphatic carbocycles. The maximum Gasteiger partial charge on any atom is 0.211 e. The molecule has 2 rings (SSSR count). The molecular weight excluding hydrogens is 222 g/mol. The fraction of sp³-hybridized carbons (Fsp3) is 1.00. The molecule has 3 nitrogen and oxygen atoms in total. The molecule has 1 aliphatic heterocycles. The van der Waals surface area contributed by atoms with Gasteiger partial charge in [-0.2, -0.15) is 4.31 Å². The van der Waals surface area contributed by atoms with Crippen molar-refractivity contribution in [2.45, 2.75) is 58.4 Å². The van der Waals surface area contributed by atoms with Crippen LogP contribution in [0.25, 0.3) is 0 Å². The summed E-state index contributed by atoms with van der Waals surface area (Å²) < 4.78 is 23.5. The lowest BCUT2D eigenvalue weighted by molar-refractivity contribution is 0.412. The Kier molecular flexibility index (Phi) is 5.25. The lowest BCUT2D eigenvalue weighted by Gasteiger charge is -2.17. The van der Waals surface area contributed by atoms with Gasteiger partial charge in [-0.05, 0) is 25.7 Å². The first kappa shape index (κ1) is 14.0. The van der Waals surface area contributed by atoms with Crippen LogP contribution in [0.4, 0.5) is 0 Å². The quantitative estimate of drug-likeness (QED) is 0.714. The molecule has 0 amide bonds. The maximum absolute atomic E-state index is 11.0. The zero-order chi connectivity index (χ0) is 12.2. The molecule has 0 aromatic heterocycles. The highest BCUT2D eigenvalue weighted by molar-refractivity contribution is 7.88. The van der Waals surface area contributed by atoms with Crippen LogP contribution in [-0.4, -0.2) is 31.6 Å². The van der Waals surface area contributed by atoms with Gasteiger partial charge in [-0.15, -0.1) is 0 Å². The van der Waals surface area contributed by atoms with Crippen molar-refractivity contribution in [1.29, 1.82) is 0 Å². The van der Waals surface area contributed by atoms with E-state index in [4.69, 9.17) is 0 Å². The molecule has 0 radical (unpaired) electrons. The van der Waals surface area contributed by atoms with Crippen LogP contribution in [0, 0.1) is 5.92 Å². The molecule has 1 heterocycles. The molecule has 4 heteroatoms. The minimum atomic E-state index is -2.92. The van der Waals surface area contributed by atoms with Crippen LogP contribution in [0.15, 0.2) is 0 Å². The lowest BCUT2D eigenvalue weighted by atomic mass is 10.2. The highest BCUT2D eigenvalue weighted by Crippen LogP contribution is 2.23. The summed E-state index contributed by atoms with van der Waals surface area (Å²) in [6.45, 7) is 5.00. The zero-order valence-corrected chi connectivity index (χ0v) is 11.6. The van der Waals surface area contributed by atoms with E-state index in [2.05, 4.69) is 6.92 Å². The Morgan fingerprint density at radius 3 is 1.75 bits per heavy atom. The molecule has 1 atom stereocenters. The lowest BCUT2D eigenvalue weighted by Crippen LogP contribution is -2.32. The number of sulfonamides is 1. The monoisotopic (exact) mass is 247 g/mol. The van der Waals surface area contributed by atoms with Crippen LogP contribution in [0.3, 0.4) is 0 Å². The first-order chi connectivity index (χ1) is 7.41. The van der Waals surface area contributed by atoms with Gasteiger partial charge in [0.1, 0.15) is 0 Å². The normalized spacial score (nSPS) is 27.8. The van der Waals surface area contributed by atoms with Crippen molar-refractivity contribution in [3.05, 3.63) is 0 Å². The third-order valence-corrected chi connectivity index (χ3v) is 4.96. The Morgan fingerprint density at radius 1 is 1.00 bits per heavy atom. The van der Waals surface area contributed by atoms with Crippen LogP contribution in [-0.2, 0) is 10.0 Å². The van der Waals surface area contributed by atoms with Crippen molar-refractivity contribution in [3.63, 3.8) is 0 Å². The van der Waals surface area contributed by atoms with Crippen molar-refractivity contribution in [1.82, 2.24) is 4.31 Å². The van der Waals surface area contributed by atoms with Crippen molar-refractivity contribution in [2.75, 3.05) is 12.8 Å². The first-order valence-corrected chi connectivity index (χ1v) is 8.23. The molecule has 16 heavy (non-hydrogen) atoms. The second-order valence-electron chi connectivity index (χ2n) is 5.25. The highest BCUT2D eigenvalue weighted by Gasteiger charge is 2.27. The van der Waals surface area contributed by atoms with E-state index in [1.807, 2.05) is 6.92 Å². The van der Waals surface area contributed by atoms with Gasteiger partial charge in [-0.25, -0.2) is 8.42 Å². The van der Waals surface area contributed by atoms with Crippen molar-refractivity contribution >= 4 is 10.0 Å². The Morgan fingerprint density at radius 2 is 1.56 bits per heavy atom. The minimum absolute atomic E-state index is 0.218. The van der Waals surface area contributed by atoms with Gasteiger partial charge in [0.2, 0.25) is 10.0 Å². The molecule has 1 unspecified atom stereocenters. The summed E-state index contributed by atoms with van der Waals surface area (Å²) in [4.78, 5) is 0. The van der Waals surface area contributed by atoms with E-state index in [0.717, 1.165) is 18.8 Å². The molecule has 0 aromatic rings. The fourth-order valence-electron chi connectivity index (χ4n) is 2.53. The Balaban J connectivity index is 0.000000181. The summed E-state index contributed by atoms with van der Waals surface area (Å²) >= 11 is 0. The maximum atomic E-state index is 11.0. The smallest absolute Gasteiger partial charge is 0.211 e. The van der Waals surface area contributed by atoms with E-state index in [-0.39, 0.29) is 6.04 Å². The highest BCUT2D eigenvalue weighted by atomic mass is 32.2. The predicted molar refractivity (Wildman–Crippen MR) is 67.9 cm³/mol. The summed E-state index contributed by atoms with van der Waals surface area (Å²) in [5.74, 6) is 1.05. The standard InChI is InChI=1S/C6H13NO2S.C6H12/c1-6-4-3-5-7(6)10(2,8)9;1-6-4-2-3-5-6/h6H,3-5H2,1-2H3;6H,2-5H2,1H3. The fourth-order valence-corrected chi connectivity index (χ4v) is 3.75. The largest absolute Gasteiger partial charge is 0.212 e. The van der Waals surface area contributed by atoms with Gasteiger partial charge in [0, 0.05) is 12.6 Å². The SMILES string of the molecule is CC1CCCC1.CC1CCCN1S(C)(=O)=O. The van der Waals surface area contributed by atoms with Crippen molar-refractivity contribution in [3.8, 4) is 0 Å². The molecular formula is C12H25NO2S. The molecule has 0 bridgehead atoms. The number of hydrogen-bond donors (Lipinski definition) is 0. The van der Waals surface area contributed by atoms with E-state index in [0.29, 0.717) is 6.54 Å². The molecule has 0 aromatic carbocycles. The van der Waals surface area contributed by atoms with E-state index < -0.39 is 10.0 Å². The number of nitrogens with zero attached hydrogens (tertiary/aromatic N) is 1. The topological polar surface area (TPSA) is 37.4 Å².